The molecule has 0 saturated carbocycles. The SMILES string of the molecule is CC#CCN1C(=O)CNC1=O. The Bertz CT molecular complexity index is 233. The summed E-state index contributed by atoms with van der Waals surface area (Å²) >= 11 is 0. The van der Waals surface area contributed by atoms with Crippen molar-refractivity contribution in [1.82, 2.24) is 10.2 Å². The Balaban J connectivity index is 2.59. The summed E-state index contributed by atoms with van der Waals surface area (Å²) in [6.45, 7) is 1.96. The van der Waals surface area contributed by atoms with Crippen molar-refractivity contribution in [2.45, 2.75) is 6.92 Å². The molecular formula is C7H8N2O2. The molecule has 0 spiro atoms. The molecule has 0 aromatic carbocycles. The second-order valence-corrected chi connectivity index (χ2v) is 2.07. The van der Waals surface area contributed by atoms with Gasteiger partial charge in [-0.05, 0) is 6.92 Å². The normalized spacial score (nSPS) is 15.9. The highest BCUT2D eigenvalue weighted by molar-refractivity contribution is 6.02. The van der Waals surface area contributed by atoms with Gasteiger partial charge in [0.2, 0.25) is 0 Å². The fourth-order valence-electron chi connectivity index (χ4n) is 0.773. The van der Waals surface area contributed by atoms with Gasteiger partial charge in [0.15, 0.2) is 0 Å². The fraction of sp³-hybridized carbons (Fsp3) is 0.429. The van der Waals surface area contributed by atoms with E-state index in [0.29, 0.717) is 0 Å². The largest absolute Gasteiger partial charge is 0.329 e. The van der Waals surface area contributed by atoms with Crippen LogP contribution >= 0.6 is 0 Å². The highest BCUT2D eigenvalue weighted by Crippen LogP contribution is 1.96. The summed E-state index contributed by atoms with van der Waals surface area (Å²) in [4.78, 5) is 22.8. The standard InChI is InChI=1S/C7H8N2O2/c1-2-3-4-9-6(10)5-8-7(9)11/h4-5H2,1H3,(H,8,11). The molecule has 0 bridgehead atoms. The first-order valence-corrected chi connectivity index (χ1v) is 3.23. The first kappa shape index (κ1) is 7.61. The zero-order valence-corrected chi connectivity index (χ0v) is 6.18. The van der Waals surface area contributed by atoms with Gasteiger partial charge in [-0.2, -0.15) is 0 Å². The number of imide groups is 1. The number of carbonyl (C=O) groups excluding carboxylic acids is 2. The van der Waals surface area contributed by atoms with Gasteiger partial charge in [0, 0.05) is 0 Å². The second kappa shape index (κ2) is 3.06. The number of urea groups is 1. The van der Waals surface area contributed by atoms with E-state index in [4.69, 9.17) is 0 Å². The molecule has 0 aromatic rings. The van der Waals surface area contributed by atoms with Crippen LogP contribution in [0.4, 0.5) is 4.79 Å². The molecule has 1 aliphatic heterocycles. The van der Waals surface area contributed by atoms with Gasteiger partial charge in [-0.3, -0.25) is 9.69 Å². The van der Waals surface area contributed by atoms with E-state index in [1.807, 2.05) is 0 Å². The number of hydrogen-bond acceptors (Lipinski definition) is 2. The molecule has 58 valence electrons. The summed E-state index contributed by atoms with van der Waals surface area (Å²) in [5, 5.41) is 2.40. The number of rotatable bonds is 1. The van der Waals surface area contributed by atoms with Gasteiger partial charge in [0.1, 0.15) is 0 Å². The summed E-state index contributed by atoms with van der Waals surface area (Å²) in [6, 6.07) is -0.349. The Hall–Kier alpha value is -1.50. The molecule has 0 aromatic heterocycles. The molecule has 4 heteroatoms. The predicted molar refractivity (Wildman–Crippen MR) is 38.6 cm³/mol. The number of nitrogens with zero attached hydrogens (tertiary/aromatic N) is 1. The highest BCUT2D eigenvalue weighted by atomic mass is 16.2. The minimum atomic E-state index is -0.349. The molecule has 1 rings (SSSR count). The van der Waals surface area contributed by atoms with Gasteiger partial charge in [-0.15, -0.1) is 5.92 Å². The van der Waals surface area contributed by atoms with Gasteiger partial charge < -0.3 is 5.32 Å². The molecule has 1 N–H and O–H groups in total. The number of amides is 3. The number of nitrogens with one attached hydrogen (secondary N) is 1. The zero-order chi connectivity index (χ0) is 8.27. The van der Waals surface area contributed by atoms with E-state index in [-0.39, 0.29) is 25.0 Å². The highest BCUT2D eigenvalue weighted by Gasteiger charge is 2.26. The van der Waals surface area contributed by atoms with Crippen molar-refractivity contribution >= 4 is 11.9 Å². The Labute approximate surface area is 64.6 Å². The molecule has 0 atom stereocenters. The van der Waals surface area contributed by atoms with E-state index in [9.17, 15) is 9.59 Å². The lowest BCUT2D eigenvalue weighted by Crippen LogP contribution is -2.31. The van der Waals surface area contributed by atoms with Crippen LogP contribution in [-0.4, -0.2) is 29.9 Å². The Morgan fingerprint density at radius 1 is 1.64 bits per heavy atom. The first-order valence-electron chi connectivity index (χ1n) is 3.23. The molecule has 1 saturated heterocycles. The third kappa shape index (κ3) is 1.49. The minimum absolute atomic E-state index is 0.101. The van der Waals surface area contributed by atoms with Crippen molar-refractivity contribution in [2.24, 2.45) is 0 Å². The summed E-state index contributed by atoms with van der Waals surface area (Å²) < 4.78 is 0. The molecule has 1 fully saturated rings. The van der Waals surface area contributed by atoms with Crippen LogP contribution in [0.2, 0.25) is 0 Å². The van der Waals surface area contributed by atoms with Crippen molar-refractivity contribution in [3.8, 4) is 11.8 Å². The monoisotopic (exact) mass is 152 g/mol. The Morgan fingerprint density at radius 3 is 2.82 bits per heavy atom. The third-order valence-corrected chi connectivity index (χ3v) is 1.35. The van der Waals surface area contributed by atoms with E-state index in [2.05, 4.69) is 17.2 Å². The molecule has 1 aliphatic rings. The van der Waals surface area contributed by atoms with Crippen LogP contribution in [-0.2, 0) is 4.79 Å². The summed E-state index contributed by atoms with van der Waals surface area (Å²) in [7, 11) is 0. The van der Waals surface area contributed by atoms with Crippen molar-refractivity contribution < 1.29 is 9.59 Å². The molecule has 0 unspecified atom stereocenters. The molecule has 0 aliphatic carbocycles. The zero-order valence-electron chi connectivity index (χ0n) is 6.18. The molecular weight excluding hydrogens is 144 g/mol. The van der Waals surface area contributed by atoms with Gasteiger partial charge in [-0.25, -0.2) is 4.79 Å². The fourth-order valence-corrected chi connectivity index (χ4v) is 0.773. The van der Waals surface area contributed by atoms with Gasteiger partial charge in [0.05, 0.1) is 13.1 Å². The van der Waals surface area contributed by atoms with Crippen LogP contribution in [0, 0.1) is 11.8 Å². The topological polar surface area (TPSA) is 49.4 Å². The number of hydrogen-bond donors (Lipinski definition) is 1. The lowest BCUT2D eigenvalue weighted by molar-refractivity contribution is -0.124. The predicted octanol–water partition coefficient (Wildman–Crippen LogP) is -0.438. The van der Waals surface area contributed by atoms with Crippen molar-refractivity contribution in [1.29, 1.82) is 0 Å². The number of carbonyl (C=O) groups is 2. The maximum atomic E-state index is 10.9. The van der Waals surface area contributed by atoms with Crippen molar-refractivity contribution in [2.75, 3.05) is 13.1 Å². The van der Waals surface area contributed by atoms with Crippen LogP contribution in [0.25, 0.3) is 0 Å². The van der Waals surface area contributed by atoms with E-state index < -0.39 is 0 Å². The average Bonchev–Trinajstić information content (AvgIpc) is 2.29. The Kier molecular flexibility index (Phi) is 2.12. The molecule has 0 radical (unpaired) electrons. The van der Waals surface area contributed by atoms with Crippen LogP contribution in [0.15, 0.2) is 0 Å². The lowest BCUT2D eigenvalue weighted by Gasteiger charge is -2.05. The van der Waals surface area contributed by atoms with Gasteiger partial charge >= 0.3 is 6.03 Å². The maximum Gasteiger partial charge on any atom is 0.325 e. The molecule has 11 heavy (non-hydrogen) atoms. The summed E-state index contributed by atoms with van der Waals surface area (Å²) in [5.74, 6) is 5.05. The summed E-state index contributed by atoms with van der Waals surface area (Å²) in [5.41, 5.74) is 0. The van der Waals surface area contributed by atoms with E-state index >= 15 is 0 Å². The first-order chi connectivity index (χ1) is 5.25. The van der Waals surface area contributed by atoms with Gasteiger partial charge in [-0.1, -0.05) is 5.92 Å². The van der Waals surface area contributed by atoms with E-state index in [0.717, 1.165) is 4.90 Å². The molecule has 3 amide bonds. The van der Waals surface area contributed by atoms with Gasteiger partial charge in [0.25, 0.3) is 5.91 Å². The molecule has 1 heterocycles. The van der Waals surface area contributed by atoms with Crippen LogP contribution in [0.5, 0.6) is 0 Å². The third-order valence-electron chi connectivity index (χ3n) is 1.35. The van der Waals surface area contributed by atoms with E-state index in [1.165, 1.54) is 0 Å². The second-order valence-electron chi connectivity index (χ2n) is 2.07. The van der Waals surface area contributed by atoms with Crippen molar-refractivity contribution in [3.05, 3.63) is 0 Å². The average molecular weight is 152 g/mol. The lowest BCUT2D eigenvalue weighted by atomic mass is 10.5. The van der Waals surface area contributed by atoms with Crippen LogP contribution < -0.4 is 5.32 Å². The Morgan fingerprint density at radius 2 is 2.36 bits per heavy atom. The summed E-state index contributed by atoms with van der Waals surface area (Å²) in [6.07, 6.45) is 0. The minimum Gasteiger partial charge on any atom is -0.329 e. The maximum absolute atomic E-state index is 10.9. The molecule has 4 nitrogen and oxygen atoms in total. The van der Waals surface area contributed by atoms with Crippen LogP contribution in [0.1, 0.15) is 6.92 Å². The smallest absolute Gasteiger partial charge is 0.325 e. The van der Waals surface area contributed by atoms with Crippen LogP contribution in [0.3, 0.4) is 0 Å². The van der Waals surface area contributed by atoms with E-state index in [1.54, 1.807) is 6.92 Å². The quantitative estimate of drug-likeness (QED) is 0.409. The van der Waals surface area contributed by atoms with Crippen molar-refractivity contribution in [3.63, 3.8) is 0 Å².